The molecule has 1 aliphatic rings. The smallest absolute Gasteiger partial charge is 0.407 e. The minimum absolute atomic E-state index is 0.0253. The van der Waals surface area contributed by atoms with Crippen LogP contribution in [-0.2, 0) is 0 Å². The van der Waals surface area contributed by atoms with Gasteiger partial charge in [-0.2, -0.15) is 0 Å². The normalized spacial score (nSPS) is 20.5. The van der Waals surface area contributed by atoms with E-state index in [1.165, 1.54) is 0 Å². The molecular formula is C25H32Cl2N2O2. The SMILES string of the molecule is CC(C)C1C(C(C)(C)C)N(C(=O)O)CCN1C(c1ccc(Cl)cc1)c1ccc(Cl)cc1. The number of amides is 1. The third-order valence-corrected chi connectivity index (χ3v) is 6.66. The van der Waals surface area contributed by atoms with E-state index in [0.29, 0.717) is 23.1 Å². The standard InChI is InChI=1S/C25H32Cl2N2O2/c1-16(2)21-23(25(3,4)5)29(24(30)31)15-14-28(21)22(17-6-10-19(26)11-7-17)18-8-12-20(27)13-9-18/h6-13,16,21-23H,14-15H2,1-5H3,(H,30,31). The molecule has 1 aliphatic heterocycles. The van der Waals surface area contributed by atoms with E-state index in [0.717, 1.165) is 11.1 Å². The number of hydrogen-bond donors (Lipinski definition) is 1. The van der Waals surface area contributed by atoms with Gasteiger partial charge in [-0.05, 0) is 46.7 Å². The lowest BCUT2D eigenvalue weighted by molar-refractivity contribution is -0.0506. The highest BCUT2D eigenvalue weighted by Gasteiger charge is 2.48. The molecule has 1 heterocycles. The molecule has 1 amide bonds. The highest BCUT2D eigenvalue weighted by Crippen LogP contribution is 2.41. The molecule has 2 unspecified atom stereocenters. The Morgan fingerprint density at radius 1 is 0.935 bits per heavy atom. The van der Waals surface area contributed by atoms with Crippen LogP contribution in [0, 0.1) is 11.3 Å². The topological polar surface area (TPSA) is 43.8 Å². The van der Waals surface area contributed by atoms with Crippen LogP contribution in [0.2, 0.25) is 10.0 Å². The molecule has 31 heavy (non-hydrogen) atoms. The van der Waals surface area contributed by atoms with Gasteiger partial charge in [-0.25, -0.2) is 4.79 Å². The Balaban J connectivity index is 2.15. The summed E-state index contributed by atoms with van der Waals surface area (Å²) in [5.74, 6) is 0.258. The van der Waals surface area contributed by atoms with Gasteiger partial charge in [0, 0.05) is 29.2 Å². The third-order valence-electron chi connectivity index (χ3n) is 6.16. The van der Waals surface area contributed by atoms with E-state index < -0.39 is 6.09 Å². The average molecular weight is 463 g/mol. The first-order chi connectivity index (χ1) is 14.5. The van der Waals surface area contributed by atoms with Gasteiger partial charge in [-0.15, -0.1) is 0 Å². The summed E-state index contributed by atoms with van der Waals surface area (Å²) in [5.41, 5.74) is 2.05. The number of benzene rings is 2. The van der Waals surface area contributed by atoms with Crippen LogP contribution in [0.25, 0.3) is 0 Å². The molecule has 2 atom stereocenters. The predicted molar refractivity (Wildman–Crippen MR) is 128 cm³/mol. The summed E-state index contributed by atoms with van der Waals surface area (Å²) in [6.07, 6.45) is -0.847. The van der Waals surface area contributed by atoms with Gasteiger partial charge in [0.15, 0.2) is 0 Å². The van der Waals surface area contributed by atoms with Crippen molar-refractivity contribution in [3.8, 4) is 0 Å². The fraction of sp³-hybridized carbons (Fsp3) is 0.480. The highest BCUT2D eigenvalue weighted by atomic mass is 35.5. The van der Waals surface area contributed by atoms with Gasteiger partial charge in [-0.1, -0.05) is 82.1 Å². The van der Waals surface area contributed by atoms with Crippen LogP contribution in [-0.4, -0.2) is 46.2 Å². The second-order valence-electron chi connectivity index (χ2n) is 9.76. The van der Waals surface area contributed by atoms with Crippen LogP contribution in [0.15, 0.2) is 48.5 Å². The van der Waals surface area contributed by atoms with Crippen molar-refractivity contribution in [3.63, 3.8) is 0 Å². The van der Waals surface area contributed by atoms with Crippen LogP contribution < -0.4 is 0 Å². The first kappa shape index (κ1) is 23.9. The molecule has 6 heteroatoms. The molecule has 0 bridgehead atoms. The van der Waals surface area contributed by atoms with Crippen molar-refractivity contribution in [2.45, 2.75) is 52.7 Å². The molecule has 1 N–H and O–H groups in total. The number of rotatable bonds is 4. The molecule has 4 nitrogen and oxygen atoms in total. The minimum Gasteiger partial charge on any atom is -0.465 e. The van der Waals surface area contributed by atoms with E-state index in [-0.39, 0.29) is 29.5 Å². The fourth-order valence-electron chi connectivity index (χ4n) is 4.99. The van der Waals surface area contributed by atoms with E-state index in [1.54, 1.807) is 4.90 Å². The van der Waals surface area contributed by atoms with Crippen molar-refractivity contribution in [1.29, 1.82) is 0 Å². The summed E-state index contributed by atoms with van der Waals surface area (Å²) in [5, 5.41) is 11.4. The molecule has 0 radical (unpaired) electrons. The Kier molecular flexibility index (Phi) is 7.25. The molecule has 168 valence electrons. The maximum atomic E-state index is 12.1. The van der Waals surface area contributed by atoms with Crippen molar-refractivity contribution in [1.82, 2.24) is 9.80 Å². The Morgan fingerprint density at radius 2 is 1.39 bits per heavy atom. The van der Waals surface area contributed by atoms with E-state index in [9.17, 15) is 9.90 Å². The summed E-state index contributed by atoms with van der Waals surface area (Å²) >= 11 is 12.4. The van der Waals surface area contributed by atoms with Crippen molar-refractivity contribution < 1.29 is 9.90 Å². The molecule has 2 aromatic rings. The highest BCUT2D eigenvalue weighted by molar-refractivity contribution is 6.30. The minimum atomic E-state index is -0.847. The summed E-state index contributed by atoms with van der Waals surface area (Å²) in [6.45, 7) is 11.9. The van der Waals surface area contributed by atoms with Crippen LogP contribution in [0.4, 0.5) is 4.79 Å². The number of halogens is 2. The predicted octanol–water partition coefficient (Wildman–Crippen LogP) is 6.82. The lowest BCUT2D eigenvalue weighted by atomic mass is 9.74. The summed E-state index contributed by atoms with van der Waals surface area (Å²) in [4.78, 5) is 16.3. The van der Waals surface area contributed by atoms with Gasteiger partial charge in [-0.3, -0.25) is 4.90 Å². The molecular weight excluding hydrogens is 431 g/mol. The van der Waals surface area contributed by atoms with Gasteiger partial charge in [0.25, 0.3) is 0 Å². The van der Waals surface area contributed by atoms with Gasteiger partial charge in [0.1, 0.15) is 0 Å². The molecule has 0 spiro atoms. The van der Waals surface area contributed by atoms with Crippen LogP contribution >= 0.6 is 23.2 Å². The zero-order valence-electron chi connectivity index (χ0n) is 18.8. The molecule has 0 aliphatic carbocycles. The average Bonchev–Trinajstić information content (AvgIpc) is 2.69. The molecule has 2 aromatic carbocycles. The Hall–Kier alpha value is -1.75. The Morgan fingerprint density at radius 3 is 1.74 bits per heavy atom. The van der Waals surface area contributed by atoms with Crippen molar-refractivity contribution in [2.24, 2.45) is 11.3 Å². The maximum absolute atomic E-state index is 12.1. The number of piperazine rings is 1. The van der Waals surface area contributed by atoms with E-state index >= 15 is 0 Å². The van der Waals surface area contributed by atoms with Crippen LogP contribution in [0.5, 0.6) is 0 Å². The third kappa shape index (κ3) is 5.19. The maximum Gasteiger partial charge on any atom is 0.407 e. The lowest BCUT2D eigenvalue weighted by Gasteiger charge is -2.55. The number of nitrogens with zero attached hydrogens (tertiary/aromatic N) is 2. The number of carboxylic acid groups (broad SMARTS) is 1. The molecule has 1 fully saturated rings. The van der Waals surface area contributed by atoms with Crippen molar-refractivity contribution in [3.05, 3.63) is 69.7 Å². The van der Waals surface area contributed by atoms with E-state index in [2.05, 4.69) is 63.8 Å². The molecule has 3 rings (SSSR count). The first-order valence-electron chi connectivity index (χ1n) is 10.8. The first-order valence-corrected chi connectivity index (χ1v) is 11.5. The number of hydrogen-bond acceptors (Lipinski definition) is 2. The molecule has 0 aromatic heterocycles. The van der Waals surface area contributed by atoms with Crippen LogP contribution in [0.1, 0.15) is 51.8 Å². The molecule has 0 saturated carbocycles. The zero-order chi connectivity index (χ0) is 22.9. The Bertz CT molecular complexity index is 846. The van der Waals surface area contributed by atoms with E-state index in [4.69, 9.17) is 23.2 Å². The second-order valence-corrected chi connectivity index (χ2v) is 10.6. The van der Waals surface area contributed by atoms with E-state index in [1.807, 2.05) is 24.3 Å². The van der Waals surface area contributed by atoms with Crippen LogP contribution in [0.3, 0.4) is 0 Å². The molecule has 1 saturated heterocycles. The monoisotopic (exact) mass is 462 g/mol. The van der Waals surface area contributed by atoms with Crippen molar-refractivity contribution in [2.75, 3.05) is 13.1 Å². The summed E-state index contributed by atoms with van der Waals surface area (Å²) in [6, 6.07) is 15.8. The lowest BCUT2D eigenvalue weighted by Crippen LogP contribution is -2.66. The van der Waals surface area contributed by atoms with Gasteiger partial charge in [0.05, 0.1) is 12.1 Å². The second kappa shape index (κ2) is 9.40. The Labute approximate surface area is 195 Å². The summed E-state index contributed by atoms with van der Waals surface area (Å²) < 4.78 is 0. The zero-order valence-corrected chi connectivity index (χ0v) is 20.4. The largest absolute Gasteiger partial charge is 0.465 e. The quantitative estimate of drug-likeness (QED) is 0.541. The fourth-order valence-corrected chi connectivity index (χ4v) is 5.24. The van der Waals surface area contributed by atoms with Gasteiger partial charge < -0.3 is 10.0 Å². The summed E-state index contributed by atoms with van der Waals surface area (Å²) in [7, 11) is 0. The van der Waals surface area contributed by atoms with Gasteiger partial charge in [0.2, 0.25) is 0 Å². The van der Waals surface area contributed by atoms with Crippen molar-refractivity contribution >= 4 is 29.3 Å². The number of carbonyl (C=O) groups is 1. The van der Waals surface area contributed by atoms with Gasteiger partial charge >= 0.3 is 6.09 Å².